The van der Waals surface area contributed by atoms with Crippen LogP contribution in [0.2, 0.25) is 0 Å². The van der Waals surface area contributed by atoms with Gasteiger partial charge in [-0.1, -0.05) is 0 Å². The van der Waals surface area contributed by atoms with E-state index in [4.69, 9.17) is 9.05 Å². The van der Waals surface area contributed by atoms with Crippen LogP contribution >= 0.6 is 7.60 Å². The molecule has 0 fully saturated rings. The molecule has 78 valence electrons. The van der Waals surface area contributed by atoms with E-state index in [-0.39, 0.29) is 12.2 Å². The third-order valence-corrected chi connectivity index (χ3v) is 4.51. The summed E-state index contributed by atoms with van der Waals surface area (Å²) in [4.78, 5) is 10.9. The summed E-state index contributed by atoms with van der Waals surface area (Å²) in [5.41, 5.74) is 0. The molecule has 0 saturated carbocycles. The highest BCUT2D eigenvalue weighted by atomic mass is 31.2. The number of rotatable bonds is 5. The van der Waals surface area contributed by atoms with E-state index in [2.05, 4.69) is 0 Å². The minimum atomic E-state index is -3.16. The summed E-state index contributed by atoms with van der Waals surface area (Å²) in [6.45, 7) is 4.85. The Balaban J connectivity index is 4.78. The molecule has 0 aliphatic carbocycles. The fraction of sp³-hybridized carbons (Fsp3) is 0.875. The van der Waals surface area contributed by atoms with E-state index in [1.54, 1.807) is 13.8 Å². The lowest BCUT2D eigenvalue weighted by Gasteiger charge is -2.29. The summed E-state index contributed by atoms with van der Waals surface area (Å²) in [5.74, 6) is -0.0284. The summed E-state index contributed by atoms with van der Waals surface area (Å²) in [6, 6.07) is 0. The zero-order chi connectivity index (χ0) is 10.7. The van der Waals surface area contributed by atoms with Gasteiger partial charge in [-0.05, 0) is 20.8 Å². The summed E-state index contributed by atoms with van der Waals surface area (Å²) in [7, 11) is -0.508. The van der Waals surface area contributed by atoms with Crippen LogP contribution in [0.15, 0.2) is 0 Å². The Bertz CT molecular complexity index is 226. The van der Waals surface area contributed by atoms with Crippen molar-refractivity contribution in [2.24, 2.45) is 0 Å². The van der Waals surface area contributed by atoms with Crippen molar-refractivity contribution >= 4 is 13.4 Å². The van der Waals surface area contributed by atoms with Gasteiger partial charge < -0.3 is 9.05 Å². The molecule has 0 bridgehead atoms. The number of Topliss-reactive ketones (excluding diaryl/α,β-unsaturated/α-hetero) is 1. The van der Waals surface area contributed by atoms with E-state index in [1.807, 2.05) is 0 Å². The number of hydrogen-bond donors (Lipinski definition) is 0. The first kappa shape index (κ1) is 12.8. The average Bonchev–Trinajstić information content (AvgIpc) is 2.00. The second kappa shape index (κ2) is 4.36. The summed E-state index contributed by atoms with van der Waals surface area (Å²) in [5, 5.41) is -0.762. The average molecular weight is 208 g/mol. The smallest absolute Gasteiger partial charge is 0.312 e. The number of carbonyl (C=O) groups excluding carboxylic acids is 1. The molecule has 0 heterocycles. The fourth-order valence-corrected chi connectivity index (χ4v) is 2.83. The van der Waals surface area contributed by atoms with Crippen LogP contribution in [-0.2, 0) is 18.4 Å². The lowest BCUT2D eigenvalue weighted by molar-refractivity contribution is -0.117. The molecule has 0 aromatic carbocycles. The van der Waals surface area contributed by atoms with Crippen LogP contribution < -0.4 is 0 Å². The van der Waals surface area contributed by atoms with Crippen molar-refractivity contribution < 1.29 is 18.4 Å². The van der Waals surface area contributed by atoms with E-state index in [9.17, 15) is 9.36 Å². The topological polar surface area (TPSA) is 52.6 Å². The maximum atomic E-state index is 11.9. The quantitative estimate of drug-likeness (QED) is 0.650. The van der Waals surface area contributed by atoms with Gasteiger partial charge in [-0.2, -0.15) is 0 Å². The van der Waals surface area contributed by atoms with Crippen molar-refractivity contribution in [2.75, 3.05) is 14.2 Å². The van der Waals surface area contributed by atoms with Crippen molar-refractivity contribution in [3.63, 3.8) is 0 Å². The molecule has 0 aliphatic heterocycles. The predicted octanol–water partition coefficient (Wildman–Crippen LogP) is 2.23. The number of carbonyl (C=O) groups is 1. The molecule has 4 nitrogen and oxygen atoms in total. The lowest BCUT2D eigenvalue weighted by atomic mass is 10.1. The monoisotopic (exact) mass is 208 g/mol. The van der Waals surface area contributed by atoms with Gasteiger partial charge in [0.1, 0.15) is 5.78 Å². The van der Waals surface area contributed by atoms with Crippen molar-refractivity contribution in [1.29, 1.82) is 0 Å². The Morgan fingerprint density at radius 1 is 1.31 bits per heavy atom. The van der Waals surface area contributed by atoms with Gasteiger partial charge in [0.2, 0.25) is 0 Å². The molecule has 0 spiro atoms. The molecule has 0 unspecified atom stereocenters. The maximum Gasteiger partial charge on any atom is 0.336 e. The minimum Gasteiger partial charge on any atom is -0.312 e. The number of hydrogen-bond acceptors (Lipinski definition) is 4. The van der Waals surface area contributed by atoms with Crippen LogP contribution in [0.4, 0.5) is 0 Å². The van der Waals surface area contributed by atoms with E-state index in [0.717, 1.165) is 0 Å². The minimum absolute atomic E-state index is 0.0284. The Morgan fingerprint density at radius 2 is 1.69 bits per heavy atom. The van der Waals surface area contributed by atoms with E-state index in [1.165, 1.54) is 21.1 Å². The second-order valence-electron chi connectivity index (χ2n) is 3.55. The molecular weight excluding hydrogens is 191 g/mol. The zero-order valence-electron chi connectivity index (χ0n) is 8.79. The zero-order valence-corrected chi connectivity index (χ0v) is 9.68. The van der Waals surface area contributed by atoms with Crippen molar-refractivity contribution in [2.45, 2.75) is 32.3 Å². The summed E-state index contributed by atoms with van der Waals surface area (Å²) >= 11 is 0. The molecular formula is C8H17O4P. The highest BCUT2D eigenvalue weighted by Crippen LogP contribution is 2.60. The molecule has 5 heteroatoms. The maximum absolute atomic E-state index is 11.9. The van der Waals surface area contributed by atoms with Crippen LogP contribution in [0, 0.1) is 0 Å². The largest absolute Gasteiger partial charge is 0.336 e. The molecule has 0 aliphatic rings. The molecule has 0 aromatic rings. The molecule has 0 atom stereocenters. The van der Waals surface area contributed by atoms with Crippen LogP contribution in [-0.4, -0.2) is 25.2 Å². The fourth-order valence-electron chi connectivity index (χ4n) is 1.27. The normalized spacial score (nSPS) is 13.0. The molecule has 0 aromatic heterocycles. The van der Waals surface area contributed by atoms with Gasteiger partial charge in [0, 0.05) is 20.6 Å². The molecule has 0 saturated heterocycles. The first-order chi connectivity index (χ1) is 5.79. The van der Waals surface area contributed by atoms with E-state index in [0.29, 0.717) is 0 Å². The Kier molecular flexibility index (Phi) is 4.30. The highest BCUT2D eigenvalue weighted by Gasteiger charge is 2.42. The van der Waals surface area contributed by atoms with Gasteiger partial charge >= 0.3 is 7.60 Å². The first-order valence-corrected chi connectivity index (χ1v) is 5.54. The third kappa shape index (κ3) is 2.90. The molecule has 0 amide bonds. The SMILES string of the molecule is COP(=O)(OC)C(C)(C)CC(C)=O. The molecule has 0 rings (SSSR count). The summed E-state index contributed by atoms with van der Waals surface area (Å²) in [6.07, 6.45) is 0.186. The number of ketones is 1. The van der Waals surface area contributed by atoms with Gasteiger partial charge in [-0.3, -0.25) is 9.36 Å². The van der Waals surface area contributed by atoms with E-state index < -0.39 is 12.8 Å². The standard InChI is InChI=1S/C8H17O4P/c1-7(9)6-8(2,3)13(10,11-4)12-5/h6H2,1-5H3. The highest BCUT2D eigenvalue weighted by molar-refractivity contribution is 7.55. The van der Waals surface area contributed by atoms with Crippen molar-refractivity contribution in [1.82, 2.24) is 0 Å². The Labute approximate surface area is 79.1 Å². The van der Waals surface area contributed by atoms with Gasteiger partial charge in [-0.15, -0.1) is 0 Å². The molecule has 0 N–H and O–H groups in total. The van der Waals surface area contributed by atoms with Crippen molar-refractivity contribution in [3.05, 3.63) is 0 Å². The lowest BCUT2D eigenvalue weighted by Crippen LogP contribution is -2.25. The Morgan fingerprint density at radius 3 is 1.92 bits per heavy atom. The van der Waals surface area contributed by atoms with Gasteiger partial charge in [0.15, 0.2) is 0 Å². The summed E-state index contributed by atoms with van der Waals surface area (Å²) < 4.78 is 21.6. The van der Waals surface area contributed by atoms with Crippen LogP contribution in [0.3, 0.4) is 0 Å². The van der Waals surface area contributed by atoms with Crippen LogP contribution in [0.25, 0.3) is 0 Å². The first-order valence-electron chi connectivity index (χ1n) is 4.00. The predicted molar refractivity (Wildman–Crippen MR) is 51.0 cm³/mol. The van der Waals surface area contributed by atoms with Crippen LogP contribution in [0.1, 0.15) is 27.2 Å². The third-order valence-electron chi connectivity index (χ3n) is 1.90. The second-order valence-corrected chi connectivity index (χ2v) is 6.49. The Hall–Kier alpha value is -0.180. The van der Waals surface area contributed by atoms with Crippen molar-refractivity contribution in [3.8, 4) is 0 Å². The van der Waals surface area contributed by atoms with Gasteiger partial charge in [-0.25, -0.2) is 0 Å². The van der Waals surface area contributed by atoms with Gasteiger partial charge in [0.25, 0.3) is 0 Å². The molecule has 13 heavy (non-hydrogen) atoms. The van der Waals surface area contributed by atoms with Crippen LogP contribution in [0.5, 0.6) is 0 Å². The molecule has 0 radical (unpaired) electrons. The van der Waals surface area contributed by atoms with Gasteiger partial charge in [0.05, 0.1) is 5.16 Å². The van der Waals surface area contributed by atoms with E-state index >= 15 is 0 Å².